The van der Waals surface area contributed by atoms with Gasteiger partial charge in [-0.1, -0.05) is 12.1 Å². The Morgan fingerprint density at radius 2 is 1.73 bits per heavy atom. The molecule has 0 unspecified atom stereocenters. The maximum Gasteiger partial charge on any atom is 0.339 e. The Morgan fingerprint density at radius 1 is 1.10 bits per heavy atom. The van der Waals surface area contributed by atoms with Crippen molar-refractivity contribution in [2.75, 3.05) is 11.9 Å². The average Bonchev–Trinajstić information content (AvgIpc) is 2.89. The van der Waals surface area contributed by atoms with E-state index in [-0.39, 0.29) is 40.6 Å². The summed E-state index contributed by atoms with van der Waals surface area (Å²) < 4.78 is 13.4. The SMILES string of the molecule is O=C(O)c1ccc(F)nc1NC1CC2(CC(CN3C(=O)c4ccccc4C3=O)C2)C1. The van der Waals surface area contributed by atoms with Crippen molar-refractivity contribution in [2.24, 2.45) is 11.3 Å². The number of imide groups is 1. The largest absolute Gasteiger partial charge is 0.478 e. The lowest BCUT2D eigenvalue weighted by Gasteiger charge is -2.58. The number of nitrogens with zero attached hydrogens (tertiary/aromatic N) is 2. The molecule has 30 heavy (non-hydrogen) atoms. The van der Waals surface area contributed by atoms with Gasteiger partial charge in [0.25, 0.3) is 11.8 Å². The molecule has 154 valence electrons. The van der Waals surface area contributed by atoms with Crippen LogP contribution >= 0.6 is 0 Å². The fourth-order valence-electron chi connectivity index (χ4n) is 5.29. The van der Waals surface area contributed by atoms with E-state index in [2.05, 4.69) is 10.3 Å². The summed E-state index contributed by atoms with van der Waals surface area (Å²) in [5.74, 6) is -1.98. The van der Waals surface area contributed by atoms with Gasteiger partial charge in [-0.25, -0.2) is 9.78 Å². The highest BCUT2D eigenvalue weighted by molar-refractivity contribution is 6.21. The predicted molar refractivity (Wildman–Crippen MR) is 105 cm³/mol. The summed E-state index contributed by atoms with van der Waals surface area (Å²) in [7, 11) is 0. The molecule has 5 rings (SSSR count). The zero-order valence-electron chi connectivity index (χ0n) is 16.1. The molecule has 2 N–H and O–H groups in total. The molecule has 0 saturated heterocycles. The van der Waals surface area contributed by atoms with E-state index >= 15 is 0 Å². The standard InChI is InChI=1S/C22H20FN3O4/c23-17-6-5-16(21(29)30)18(25-17)24-13-9-22(10-13)7-12(8-22)11-26-19(27)14-3-1-2-4-15(14)20(26)28/h1-6,12-13H,7-11H2,(H,24,25)(H,29,30). The highest BCUT2D eigenvalue weighted by Crippen LogP contribution is 2.59. The molecule has 7 nitrogen and oxygen atoms in total. The van der Waals surface area contributed by atoms with Gasteiger partial charge in [0, 0.05) is 12.6 Å². The third-order valence-electron chi connectivity index (χ3n) is 6.55. The van der Waals surface area contributed by atoms with Gasteiger partial charge in [-0.2, -0.15) is 4.39 Å². The Balaban J connectivity index is 1.16. The van der Waals surface area contributed by atoms with E-state index in [1.807, 2.05) is 0 Å². The number of fused-ring (bicyclic) bond motifs is 1. The molecule has 1 aliphatic heterocycles. The Kier molecular flexibility index (Phi) is 4.13. The van der Waals surface area contributed by atoms with Crippen molar-refractivity contribution in [1.29, 1.82) is 0 Å². The van der Waals surface area contributed by atoms with Gasteiger partial charge in [0.05, 0.1) is 11.1 Å². The van der Waals surface area contributed by atoms with Crippen LogP contribution in [0.4, 0.5) is 10.2 Å². The monoisotopic (exact) mass is 409 g/mol. The normalized spacial score (nSPS) is 26.9. The number of carboxylic acids is 1. The highest BCUT2D eigenvalue weighted by atomic mass is 19.1. The zero-order valence-corrected chi connectivity index (χ0v) is 16.1. The van der Waals surface area contributed by atoms with Gasteiger partial charge in [0.2, 0.25) is 5.95 Å². The molecule has 3 aliphatic rings. The number of hydrogen-bond donors (Lipinski definition) is 2. The van der Waals surface area contributed by atoms with E-state index in [9.17, 15) is 23.9 Å². The fraction of sp³-hybridized carbons (Fsp3) is 0.364. The van der Waals surface area contributed by atoms with Gasteiger partial charge in [-0.05, 0) is 61.3 Å². The fourth-order valence-corrected chi connectivity index (χ4v) is 5.29. The molecule has 2 heterocycles. The quantitative estimate of drug-likeness (QED) is 0.581. The number of amides is 2. The summed E-state index contributed by atoms with van der Waals surface area (Å²) in [5.41, 5.74) is 1.05. The van der Waals surface area contributed by atoms with Crippen LogP contribution in [0.2, 0.25) is 0 Å². The number of benzene rings is 1. The summed E-state index contributed by atoms with van der Waals surface area (Å²) in [6.45, 7) is 0.431. The number of aromatic carboxylic acids is 1. The predicted octanol–water partition coefficient (Wildman–Crippen LogP) is 3.19. The number of aromatic nitrogens is 1. The van der Waals surface area contributed by atoms with Crippen molar-refractivity contribution in [3.05, 3.63) is 59.0 Å². The molecule has 2 aromatic rings. The molecule has 1 aromatic carbocycles. The number of anilines is 1. The second-order valence-electron chi connectivity index (χ2n) is 8.63. The molecule has 1 aromatic heterocycles. The molecule has 1 spiro atoms. The van der Waals surface area contributed by atoms with Gasteiger partial charge in [0.15, 0.2) is 0 Å². The third-order valence-corrected chi connectivity index (χ3v) is 6.55. The van der Waals surface area contributed by atoms with Crippen molar-refractivity contribution < 1.29 is 23.9 Å². The summed E-state index contributed by atoms with van der Waals surface area (Å²) in [6.07, 6.45) is 3.51. The second-order valence-corrected chi connectivity index (χ2v) is 8.63. The maximum absolute atomic E-state index is 13.4. The minimum Gasteiger partial charge on any atom is -0.478 e. The summed E-state index contributed by atoms with van der Waals surface area (Å²) in [5, 5.41) is 12.3. The molecular formula is C22H20FN3O4. The van der Waals surface area contributed by atoms with Crippen molar-refractivity contribution >= 4 is 23.6 Å². The minimum atomic E-state index is -1.15. The number of carbonyl (C=O) groups excluding carboxylic acids is 2. The van der Waals surface area contributed by atoms with Crippen LogP contribution in [-0.2, 0) is 0 Å². The molecule has 8 heteroatoms. The van der Waals surface area contributed by atoms with Crippen LogP contribution in [-0.4, -0.2) is 45.4 Å². The van der Waals surface area contributed by atoms with Crippen molar-refractivity contribution in [1.82, 2.24) is 9.88 Å². The Morgan fingerprint density at radius 3 is 2.33 bits per heavy atom. The number of hydrogen-bond acceptors (Lipinski definition) is 5. The Hall–Kier alpha value is -3.29. The van der Waals surface area contributed by atoms with Gasteiger partial charge in [-0.15, -0.1) is 0 Å². The summed E-state index contributed by atoms with van der Waals surface area (Å²) >= 11 is 0. The Bertz CT molecular complexity index is 1040. The molecular weight excluding hydrogens is 389 g/mol. The first-order valence-electron chi connectivity index (χ1n) is 9.97. The lowest BCUT2D eigenvalue weighted by molar-refractivity contribution is -0.0408. The van der Waals surface area contributed by atoms with E-state index in [0.29, 0.717) is 17.7 Å². The molecule has 0 atom stereocenters. The van der Waals surface area contributed by atoms with Gasteiger partial charge in [0.1, 0.15) is 11.4 Å². The molecule has 2 saturated carbocycles. The zero-order chi connectivity index (χ0) is 21.0. The average molecular weight is 409 g/mol. The number of carboxylic acid groups (broad SMARTS) is 1. The lowest BCUT2D eigenvalue weighted by Crippen LogP contribution is -2.55. The summed E-state index contributed by atoms with van der Waals surface area (Å²) in [6, 6.07) is 9.18. The topological polar surface area (TPSA) is 99.6 Å². The maximum atomic E-state index is 13.4. The van der Waals surface area contributed by atoms with Gasteiger partial charge >= 0.3 is 5.97 Å². The Labute approximate surface area is 171 Å². The molecule has 2 fully saturated rings. The van der Waals surface area contributed by atoms with Crippen molar-refractivity contribution in [3.8, 4) is 0 Å². The number of pyridine rings is 1. The van der Waals surface area contributed by atoms with Crippen LogP contribution in [0.15, 0.2) is 36.4 Å². The minimum absolute atomic E-state index is 0.0395. The van der Waals surface area contributed by atoms with E-state index in [1.165, 1.54) is 11.0 Å². The van der Waals surface area contributed by atoms with Crippen LogP contribution in [0, 0.1) is 17.3 Å². The lowest BCUT2D eigenvalue weighted by atomic mass is 9.50. The van der Waals surface area contributed by atoms with Crippen LogP contribution in [0.5, 0.6) is 0 Å². The highest BCUT2D eigenvalue weighted by Gasteiger charge is 2.54. The van der Waals surface area contributed by atoms with E-state index in [0.717, 1.165) is 31.7 Å². The van der Waals surface area contributed by atoms with Crippen molar-refractivity contribution in [2.45, 2.75) is 31.7 Å². The van der Waals surface area contributed by atoms with Crippen LogP contribution in [0.25, 0.3) is 0 Å². The second kappa shape index (κ2) is 6.62. The third kappa shape index (κ3) is 2.94. The van der Waals surface area contributed by atoms with Crippen LogP contribution in [0.1, 0.15) is 56.8 Å². The summed E-state index contributed by atoms with van der Waals surface area (Å²) in [4.78, 5) is 41.4. The van der Waals surface area contributed by atoms with Crippen molar-refractivity contribution in [3.63, 3.8) is 0 Å². The first-order chi connectivity index (χ1) is 14.3. The molecule has 2 aliphatic carbocycles. The molecule has 0 bridgehead atoms. The van der Waals surface area contributed by atoms with Crippen LogP contribution < -0.4 is 5.32 Å². The number of nitrogens with one attached hydrogen (secondary N) is 1. The van der Waals surface area contributed by atoms with E-state index in [1.54, 1.807) is 24.3 Å². The number of rotatable bonds is 5. The molecule has 0 radical (unpaired) electrons. The number of carbonyl (C=O) groups is 3. The van der Waals surface area contributed by atoms with Crippen LogP contribution in [0.3, 0.4) is 0 Å². The van der Waals surface area contributed by atoms with Gasteiger partial charge < -0.3 is 10.4 Å². The molecule has 2 amide bonds. The first kappa shape index (κ1) is 18.7. The van der Waals surface area contributed by atoms with E-state index in [4.69, 9.17) is 0 Å². The van der Waals surface area contributed by atoms with Gasteiger partial charge in [-0.3, -0.25) is 14.5 Å². The number of halogens is 1. The van der Waals surface area contributed by atoms with E-state index < -0.39 is 11.9 Å². The smallest absolute Gasteiger partial charge is 0.339 e. The first-order valence-corrected chi connectivity index (χ1v) is 9.97.